The Hall–Kier alpha value is -3.39. The van der Waals surface area contributed by atoms with Gasteiger partial charge in [-0.25, -0.2) is 9.78 Å². The molecule has 3 aromatic rings. The van der Waals surface area contributed by atoms with Gasteiger partial charge in [0.05, 0.1) is 47.0 Å². The van der Waals surface area contributed by atoms with Crippen molar-refractivity contribution in [3.63, 3.8) is 0 Å². The van der Waals surface area contributed by atoms with Crippen molar-refractivity contribution >= 4 is 47.4 Å². The number of anilines is 3. The Morgan fingerprint density at radius 1 is 1.26 bits per heavy atom. The molecule has 5 rings (SSSR count). The van der Waals surface area contributed by atoms with E-state index in [1.807, 2.05) is 4.90 Å². The molecule has 15 heteroatoms. The number of carbonyl (C=O) groups excluding carboxylic acids is 1. The van der Waals surface area contributed by atoms with E-state index in [-0.39, 0.29) is 58.9 Å². The number of aliphatic hydroxyl groups is 2. The van der Waals surface area contributed by atoms with Crippen molar-refractivity contribution in [1.82, 2.24) is 15.0 Å². The number of halogens is 5. The second-order valence-corrected chi connectivity index (χ2v) is 9.23. The van der Waals surface area contributed by atoms with Crippen LogP contribution in [0.25, 0.3) is 11.3 Å². The molecule has 2 aromatic heterocycles. The van der Waals surface area contributed by atoms with Gasteiger partial charge in [0, 0.05) is 18.7 Å². The maximum atomic E-state index is 13.5. The lowest BCUT2D eigenvalue weighted by molar-refractivity contribution is -0.137. The number of aliphatic hydroxyl groups excluding tert-OH is 2. The summed E-state index contributed by atoms with van der Waals surface area (Å²) in [4.78, 5) is 29.6. The molecule has 4 heterocycles. The van der Waals surface area contributed by atoms with E-state index in [1.54, 1.807) is 6.07 Å². The summed E-state index contributed by atoms with van der Waals surface area (Å²) in [5, 5.41) is 21.2. The summed E-state index contributed by atoms with van der Waals surface area (Å²) < 4.78 is 45.2. The summed E-state index contributed by atoms with van der Waals surface area (Å²) in [6, 6.07) is 5.50. The van der Waals surface area contributed by atoms with Gasteiger partial charge in [-0.1, -0.05) is 23.7 Å². The van der Waals surface area contributed by atoms with E-state index in [2.05, 4.69) is 20.3 Å². The molecule has 2 amide bonds. The van der Waals surface area contributed by atoms with Crippen molar-refractivity contribution in [3.8, 4) is 17.1 Å². The average Bonchev–Trinajstić information content (AvgIpc) is 3.31. The van der Waals surface area contributed by atoms with Gasteiger partial charge in [0.15, 0.2) is 11.6 Å². The van der Waals surface area contributed by atoms with E-state index in [9.17, 15) is 23.1 Å². The van der Waals surface area contributed by atoms with Gasteiger partial charge in [-0.05, 0) is 24.6 Å². The van der Waals surface area contributed by atoms with Crippen LogP contribution in [0, 0.1) is 0 Å². The van der Waals surface area contributed by atoms with Crippen LogP contribution in [0.15, 0.2) is 42.7 Å². The molecule has 3 N–H and O–H groups in total. The first-order chi connectivity index (χ1) is 18.1. The monoisotopic (exact) mass is 586 g/mol. The SMILES string of the molecule is Cl.O=C(Nc1cncc(OC[C@H](O)CO)n1)N1c2nc(-c3cccc(C(F)(F)F)c3)c(Cl)cc2N2CC[C@H]1C2. The number of pyridine rings is 1. The third-order valence-electron chi connectivity index (χ3n) is 6.20. The minimum atomic E-state index is -4.54. The van der Waals surface area contributed by atoms with Gasteiger partial charge in [0.25, 0.3) is 0 Å². The van der Waals surface area contributed by atoms with Gasteiger partial charge < -0.3 is 19.8 Å². The molecule has 0 radical (unpaired) electrons. The van der Waals surface area contributed by atoms with E-state index in [1.165, 1.54) is 29.4 Å². The smallest absolute Gasteiger partial charge is 0.416 e. The zero-order valence-electron chi connectivity index (χ0n) is 20.1. The first kappa shape index (κ1) is 28.6. The number of alkyl halides is 3. The first-order valence-corrected chi connectivity index (χ1v) is 12.0. The van der Waals surface area contributed by atoms with Gasteiger partial charge in [-0.3, -0.25) is 15.2 Å². The molecular weight excluding hydrogens is 564 g/mol. The van der Waals surface area contributed by atoms with Crippen LogP contribution in [0.4, 0.5) is 35.3 Å². The highest BCUT2D eigenvalue weighted by Gasteiger charge is 2.41. The third-order valence-corrected chi connectivity index (χ3v) is 6.49. The summed E-state index contributed by atoms with van der Waals surface area (Å²) in [6.07, 6.45) is -2.40. The Labute approximate surface area is 231 Å². The Morgan fingerprint density at radius 3 is 2.79 bits per heavy atom. The second kappa shape index (κ2) is 11.4. The second-order valence-electron chi connectivity index (χ2n) is 8.82. The van der Waals surface area contributed by atoms with Crippen LogP contribution in [-0.4, -0.2) is 69.6 Å². The number of rotatable bonds is 6. The highest BCUT2D eigenvalue weighted by atomic mass is 35.5. The van der Waals surface area contributed by atoms with Gasteiger partial charge in [-0.15, -0.1) is 12.4 Å². The third kappa shape index (κ3) is 5.96. The summed E-state index contributed by atoms with van der Waals surface area (Å²) in [5.74, 6) is 0.359. The maximum Gasteiger partial charge on any atom is 0.416 e. The predicted molar refractivity (Wildman–Crippen MR) is 140 cm³/mol. The predicted octanol–water partition coefficient (Wildman–Crippen LogP) is 4.00. The fraction of sp³-hybridized carbons (Fsp3) is 0.333. The van der Waals surface area contributed by atoms with E-state index in [0.29, 0.717) is 25.2 Å². The largest absolute Gasteiger partial charge is 0.474 e. The van der Waals surface area contributed by atoms with Crippen molar-refractivity contribution in [2.45, 2.75) is 24.7 Å². The zero-order valence-corrected chi connectivity index (χ0v) is 21.7. The summed E-state index contributed by atoms with van der Waals surface area (Å²) >= 11 is 6.48. The number of hydrogen-bond donors (Lipinski definition) is 3. The summed E-state index contributed by atoms with van der Waals surface area (Å²) in [6.45, 7) is 0.479. The fourth-order valence-electron chi connectivity index (χ4n) is 4.41. The van der Waals surface area contributed by atoms with E-state index < -0.39 is 30.5 Å². The molecule has 10 nitrogen and oxygen atoms in total. The van der Waals surface area contributed by atoms with E-state index in [4.69, 9.17) is 21.4 Å². The van der Waals surface area contributed by atoms with Gasteiger partial charge in [0.2, 0.25) is 5.88 Å². The van der Waals surface area contributed by atoms with E-state index >= 15 is 0 Å². The lowest BCUT2D eigenvalue weighted by Crippen LogP contribution is -2.48. The molecule has 0 aliphatic carbocycles. The highest BCUT2D eigenvalue weighted by molar-refractivity contribution is 6.33. The Bertz CT molecular complexity index is 1370. The number of ether oxygens (including phenoxy) is 1. The van der Waals surface area contributed by atoms with Crippen molar-refractivity contribution < 1.29 is 32.9 Å². The molecule has 0 spiro atoms. The molecule has 0 unspecified atom stereocenters. The molecule has 2 bridgehead atoms. The Morgan fingerprint density at radius 2 is 2.05 bits per heavy atom. The van der Waals surface area contributed by atoms with Crippen molar-refractivity contribution in [2.75, 3.05) is 41.4 Å². The number of urea groups is 1. The molecule has 2 atom stereocenters. The van der Waals surface area contributed by atoms with Gasteiger partial charge >= 0.3 is 12.2 Å². The van der Waals surface area contributed by atoms with Gasteiger partial charge in [0.1, 0.15) is 12.7 Å². The van der Waals surface area contributed by atoms with Crippen LogP contribution < -0.4 is 19.9 Å². The Balaban J connectivity index is 0.00000353. The number of nitrogens with one attached hydrogen (secondary N) is 1. The zero-order chi connectivity index (χ0) is 27.0. The van der Waals surface area contributed by atoms with Crippen molar-refractivity contribution in [3.05, 3.63) is 53.3 Å². The number of amides is 2. The minimum Gasteiger partial charge on any atom is -0.474 e. The lowest BCUT2D eigenvalue weighted by atomic mass is 10.1. The number of fused-ring (bicyclic) bond motifs is 4. The average molecular weight is 587 g/mol. The fourth-order valence-corrected chi connectivity index (χ4v) is 4.67. The van der Waals surface area contributed by atoms with Crippen molar-refractivity contribution in [1.29, 1.82) is 0 Å². The highest BCUT2D eigenvalue weighted by Crippen LogP contribution is 2.43. The normalized spacial score (nSPS) is 16.8. The number of nitrogens with zero attached hydrogens (tertiary/aromatic N) is 5. The summed E-state index contributed by atoms with van der Waals surface area (Å²) in [5.41, 5.74) is 0.0445. The molecule has 208 valence electrons. The molecule has 1 saturated heterocycles. The molecular formula is C24H23Cl2F3N6O4. The first-order valence-electron chi connectivity index (χ1n) is 11.6. The van der Waals surface area contributed by atoms with Crippen LogP contribution in [0.2, 0.25) is 5.02 Å². The van der Waals surface area contributed by atoms with Gasteiger partial charge in [-0.2, -0.15) is 18.2 Å². The van der Waals surface area contributed by atoms with Crippen LogP contribution >= 0.6 is 24.0 Å². The summed E-state index contributed by atoms with van der Waals surface area (Å²) in [7, 11) is 0. The number of carbonyl (C=O) groups is 1. The molecule has 2 aliphatic rings. The van der Waals surface area contributed by atoms with Crippen LogP contribution in [-0.2, 0) is 6.18 Å². The molecule has 39 heavy (non-hydrogen) atoms. The molecule has 1 fully saturated rings. The van der Waals surface area contributed by atoms with Crippen LogP contribution in [0.1, 0.15) is 12.0 Å². The number of aromatic nitrogens is 3. The topological polar surface area (TPSA) is 124 Å². The minimum absolute atomic E-state index is 0. The Kier molecular flexibility index (Phi) is 8.35. The quantitative estimate of drug-likeness (QED) is 0.396. The van der Waals surface area contributed by atoms with Crippen molar-refractivity contribution in [2.24, 2.45) is 0 Å². The number of hydrogen-bond acceptors (Lipinski definition) is 8. The van der Waals surface area contributed by atoms with Crippen LogP contribution in [0.5, 0.6) is 5.88 Å². The maximum absolute atomic E-state index is 13.5. The van der Waals surface area contributed by atoms with Crippen LogP contribution in [0.3, 0.4) is 0 Å². The van der Waals surface area contributed by atoms with E-state index in [0.717, 1.165) is 12.1 Å². The molecule has 0 saturated carbocycles. The lowest BCUT2D eigenvalue weighted by Gasteiger charge is -2.36. The number of benzene rings is 1. The molecule has 1 aromatic carbocycles. The molecule has 2 aliphatic heterocycles. The standard InChI is InChI=1S/C24H22ClF3N6O4.ClH/c25-17-7-18-22(32-21(17)13-2-1-3-14(6-13)24(26,27)28)34(15-4-5-33(18)10-15)23(37)31-19-8-29-9-20(30-19)38-12-16(36)11-35;/h1-3,6-9,15-16,35-36H,4-5,10-12H2,(H,30,31,37);1H/t15-,16+;/m0./s1.